The molecule has 5 heteroatoms. The number of carbonyl (C=O) groups excluding carboxylic acids is 1. The van der Waals surface area contributed by atoms with Crippen LogP contribution in [0.2, 0.25) is 0 Å². The lowest BCUT2D eigenvalue weighted by atomic mass is 10.1. The van der Waals surface area contributed by atoms with Crippen LogP contribution in [0.3, 0.4) is 0 Å². The van der Waals surface area contributed by atoms with Crippen LogP contribution in [0.4, 0.5) is 5.69 Å². The van der Waals surface area contributed by atoms with E-state index < -0.39 is 0 Å². The number of carbonyl (C=O) groups is 1. The predicted molar refractivity (Wildman–Crippen MR) is 103 cm³/mol. The summed E-state index contributed by atoms with van der Waals surface area (Å²) < 4.78 is 5.76. The monoisotopic (exact) mass is 358 g/mol. The lowest BCUT2D eigenvalue weighted by molar-refractivity contribution is -0.132. The fourth-order valence-electron chi connectivity index (χ4n) is 3.09. The van der Waals surface area contributed by atoms with Crippen molar-refractivity contribution in [1.29, 1.82) is 0 Å². The van der Waals surface area contributed by atoms with Gasteiger partial charge in [-0.05, 0) is 52.9 Å². The first kappa shape index (κ1) is 18.0. The number of benzene rings is 1. The molecule has 3 rings (SSSR count). The van der Waals surface area contributed by atoms with Crippen LogP contribution < -0.4 is 4.90 Å². The maximum absolute atomic E-state index is 12.8. The molecule has 1 aromatic heterocycles. The number of hydrogen-bond donors (Lipinski definition) is 0. The normalized spacial score (nSPS) is 16.8. The first-order valence-corrected chi connectivity index (χ1v) is 9.73. The van der Waals surface area contributed by atoms with E-state index in [1.165, 1.54) is 5.69 Å². The molecule has 0 N–H and O–H groups in total. The van der Waals surface area contributed by atoms with Crippen molar-refractivity contribution in [3.63, 3.8) is 0 Å². The Morgan fingerprint density at radius 3 is 2.60 bits per heavy atom. The minimum Gasteiger partial charge on any atom is -0.378 e. The molecule has 1 amide bonds. The third-order valence-electron chi connectivity index (χ3n) is 4.56. The summed E-state index contributed by atoms with van der Waals surface area (Å²) in [6.07, 6.45) is 2.77. The Morgan fingerprint density at radius 2 is 2.00 bits per heavy atom. The molecule has 0 aliphatic carbocycles. The number of rotatable bonds is 7. The lowest BCUT2D eigenvalue weighted by Gasteiger charge is -2.26. The van der Waals surface area contributed by atoms with Crippen molar-refractivity contribution in [2.24, 2.45) is 0 Å². The summed E-state index contributed by atoms with van der Waals surface area (Å²) in [5, 5.41) is 4.07. The summed E-state index contributed by atoms with van der Waals surface area (Å²) in [6.45, 7) is 2.13. The number of amides is 1. The highest BCUT2D eigenvalue weighted by atomic mass is 32.1. The number of thiophene rings is 1. The first-order valence-electron chi connectivity index (χ1n) is 8.78. The van der Waals surface area contributed by atoms with Gasteiger partial charge in [0.15, 0.2) is 0 Å². The second-order valence-corrected chi connectivity index (χ2v) is 7.56. The molecule has 1 aromatic carbocycles. The van der Waals surface area contributed by atoms with Crippen LogP contribution in [0.1, 0.15) is 24.0 Å². The Hall–Kier alpha value is -1.85. The molecule has 0 unspecified atom stereocenters. The third-order valence-corrected chi connectivity index (χ3v) is 5.29. The van der Waals surface area contributed by atoms with Gasteiger partial charge in [-0.15, -0.1) is 0 Å². The maximum Gasteiger partial charge on any atom is 0.227 e. The molecule has 4 nitrogen and oxygen atoms in total. The zero-order chi connectivity index (χ0) is 17.6. The van der Waals surface area contributed by atoms with E-state index in [-0.39, 0.29) is 12.0 Å². The molecule has 0 saturated carbocycles. The smallest absolute Gasteiger partial charge is 0.227 e. The molecule has 2 aromatic rings. The van der Waals surface area contributed by atoms with E-state index in [1.807, 2.05) is 35.8 Å². The Labute approximate surface area is 154 Å². The van der Waals surface area contributed by atoms with Crippen molar-refractivity contribution in [2.45, 2.75) is 31.9 Å². The van der Waals surface area contributed by atoms with Gasteiger partial charge in [-0.25, -0.2) is 0 Å². The molecule has 25 heavy (non-hydrogen) atoms. The number of hydrogen-bond acceptors (Lipinski definition) is 4. The molecule has 1 aliphatic heterocycles. The summed E-state index contributed by atoms with van der Waals surface area (Å²) in [4.78, 5) is 16.9. The van der Waals surface area contributed by atoms with Crippen molar-refractivity contribution in [1.82, 2.24) is 4.90 Å². The summed E-state index contributed by atoms with van der Waals surface area (Å²) in [7, 11) is 4.06. The highest BCUT2D eigenvalue weighted by Gasteiger charge is 2.23. The highest BCUT2D eigenvalue weighted by molar-refractivity contribution is 7.08. The van der Waals surface area contributed by atoms with Crippen LogP contribution in [0.15, 0.2) is 41.1 Å². The van der Waals surface area contributed by atoms with E-state index in [9.17, 15) is 4.79 Å². The zero-order valence-corrected chi connectivity index (χ0v) is 15.8. The number of nitrogens with zero attached hydrogens (tertiary/aromatic N) is 2. The van der Waals surface area contributed by atoms with Gasteiger partial charge in [0.1, 0.15) is 0 Å². The molecule has 1 aliphatic rings. The van der Waals surface area contributed by atoms with E-state index >= 15 is 0 Å². The number of ether oxygens (including phenoxy) is 1. The molecular weight excluding hydrogens is 332 g/mol. The molecule has 1 saturated heterocycles. The largest absolute Gasteiger partial charge is 0.378 e. The quantitative estimate of drug-likeness (QED) is 0.759. The van der Waals surface area contributed by atoms with Crippen LogP contribution in [0.25, 0.3) is 0 Å². The van der Waals surface area contributed by atoms with Crippen LogP contribution in [-0.2, 0) is 22.5 Å². The average molecular weight is 359 g/mol. The third kappa shape index (κ3) is 5.06. The van der Waals surface area contributed by atoms with Gasteiger partial charge in [-0.2, -0.15) is 11.3 Å². The van der Waals surface area contributed by atoms with Gasteiger partial charge in [-0.3, -0.25) is 4.79 Å². The van der Waals surface area contributed by atoms with E-state index in [4.69, 9.17) is 4.74 Å². The zero-order valence-electron chi connectivity index (χ0n) is 15.0. The van der Waals surface area contributed by atoms with E-state index in [2.05, 4.69) is 29.2 Å². The average Bonchev–Trinajstić information content (AvgIpc) is 3.28. The van der Waals surface area contributed by atoms with Crippen LogP contribution >= 0.6 is 11.3 Å². The van der Waals surface area contributed by atoms with Crippen LogP contribution in [0, 0.1) is 0 Å². The van der Waals surface area contributed by atoms with Crippen molar-refractivity contribution < 1.29 is 9.53 Å². The Morgan fingerprint density at radius 1 is 1.20 bits per heavy atom. The summed E-state index contributed by atoms with van der Waals surface area (Å²) in [5.41, 5.74) is 3.41. The topological polar surface area (TPSA) is 32.8 Å². The minimum absolute atomic E-state index is 0.172. The Kier molecular flexibility index (Phi) is 6.10. The summed E-state index contributed by atoms with van der Waals surface area (Å²) in [5.74, 6) is 0.172. The van der Waals surface area contributed by atoms with Crippen molar-refractivity contribution in [3.8, 4) is 0 Å². The molecule has 0 spiro atoms. The van der Waals surface area contributed by atoms with Gasteiger partial charge >= 0.3 is 0 Å². The Balaban J connectivity index is 1.69. The van der Waals surface area contributed by atoms with Crippen molar-refractivity contribution >= 4 is 22.9 Å². The minimum atomic E-state index is 0.172. The van der Waals surface area contributed by atoms with Gasteiger partial charge in [0.25, 0.3) is 0 Å². The second-order valence-electron chi connectivity index (χ2n) is 6.78. The SMILES string of the molecule is CN(C)c1ccc(CN(C[C@@H]2CCCO2)C(=O)Cc2ccsc2)cc1. The molecule has 1 atom stereocenters. The second kappa shape index (κ2) is 8.50. The molecule has 1 fully saturated rings. The van der Waals surface area contributed by atoms with Crippen LogP contribution in [-0.4, -0.2) is 44.2 Å². The van der Waals surface area contributed by atoms with Gasteiger partial charge in [0.2, 0.25) is 5.91 Å². The fourth-order valence-corrected chi connectivity index (χ4v) is 3.76. The van der Waals surface area contributed by atoms with Gasteiger partial charge < -0.3 is 14.5 Å². The van der Waals surface area contributed by atoms with Crippen LogP contribution in [0.5, 0.6) is 0 Å². The summed E-state index contributed by atoms with van der Waals surface area (Å²) in [6, 6.07) is 10.4. The summed E-state index contributed by atoms with van der Waals surface area (Å²) >= 11 is 1.63. The lowest BCUT2D eigenvalue weighted by Crippen LogP contribution is -2.37. The van der Waals surface area contributed by atoms with E-state index in [1.54, 1.807) is 11.3 Å². The standard InChI is InChI=1S/C20H26N2O2S/c1-21(2)18-7-5-16(6-8-18)13-22(14-19-4-3-10-24-19)20(23)12-17-9-11-25-15-17/h5-9,11,15,19H,3-4,10,12-14H2,1-2H3/t19-/m0/s1. The maximum atomic E-state index is 12.8. The first-order chi connectivity index (χ1) is 12.1. The van der Waals surface area contributed by atoms with E-state index in [0.29, 0.717) is 19.5 Å². The molecule has 0 bridgehead atoms. The van der Waals surface area contributed by atoms with Gasteiger partial charge in [-0.1, -0.05) is 12.1 Å². The predicted octanol–water partition coefficient (Wildman–Crippen LogP) is 3.56. The van der Waals surface area contributed by atoms with Gasteiger partial charge in [0, 0.05) is 39.5 Å². The molecular formula is C20H26N2O2S. The van der Waals surface area contributed by atoms with Gasteiger partial charge in [0.05, 0.1) is 12.5 Å². The Bertz CT molecular complexity index is 662. The molecule has 0 radical (unpaired) electrons. The highest BCUT2D eigenvalue weighted by Crippen LogP contribution is 2.18. The molecule has 2 heterocycles. The van der Waals surface area contributed by atoms with Crippen molar-refractivity contribution in [3.05, 3.63) is 52.2 Å². The number of anilines is 1. The molecule has 134 valence electrons. The van der Waals surface area contributed by atoms with E-state index in [0.717, 1.165) is 30.6 Å². The fraction of sp³-hybridized carbons (Fsp3) is 0.450. The van der Waals surface area contributed by atoms with Crippen molar-refractivity contribution in [2.75, 3.05) is 32.1 Å².